The molecule has 0 saturated carbocycles. The van der Waals surface area contributed by atoms with Crippen LogP contribution in [0.5, 0.6) is 0 Å². The first-order valence-electron chi connectivity index (χ1n) is 11.3. The number of amides is 2. The van der Waals surface area contributed by atoms with E-state index in [0.29, 0.717) is 36.3 Å². The van der Waals surface area contributed by atoms with Crippen molar-refractivity contribution < 1.29 is 9.59 Å². The Balaban J connectivity index is 1.49. The zero-order chi connectivity index (χ0) is 22.0. The van der Waals surface area contributed by atoms with Crippen molar-refractivity contribution in [2.45, 2.75) is 61.9 Å². The molecule has 0 aromatic heterocycles. The first-order chi connectivity index (χ1) is 15.0. The van der Waals surface area contributed by atoms with E-state index in [1.807, 2.05) is 49.4 Å². The van der Waals surface area contributed by atoms with Crippen LogP contribution in [0.1, 0.15) is 60.7 Å². The Morgan fingerprint density at radius 2 is 1.84 bits per heavy atom. The lowest BCUT2D eigenvalue weighted by molar-refractivity contribution is 0.0888. The van der Waals surface area contributed by atoms with Crippen LogP contribution in [-0.2, 0) is 0 Å². The lowest BCUT2D eigenvalue weighted by Gasteiger charge is -2.39. The second-order valence-electron chi connectivity index (χ2n) is 8.45. The molecule has 2 aliphatic rings. The first-order valence-corrected chi connectivity index (χ1v) is 12.1. The molecular weight excluding hydrogens is 406 g/mol. The van der Waals surface area contributed by atoms with Gasteiger partial charge in [-0.05, 0) is 63.9 Å². The number of carbonyl (C=O) groups is 2. The lowest BCUT2D eigenvalue weighted by Crippen LogP contribution is -2.47. The lowest BCUT2D eigenvalue weighted by atomic mass is 9.98. The van der Waals surface area contributed by atoms with Gasteiger partial charge in [-0.1, -0.05) is 30.3 Å². The smallest absolute Gasteiger partial charge is 0.259 e. The summed E-state index contributed by atoms with van der Waals surface area (Å²) in [5.74, 6) is -0.106. The number of hydrogen-bond donors (Lipinski definition) is 1. The second kappa shape index (κ2) is 9.45. The SMILES string of the molecule is CCN1C(=O)c2ccccc2Sc2ccc(C(=O)NCCN3C(C)CCCC3C)cc21. The Morgan fingerprint density at radius 3 is 2.58 bits per heavy atom. The van der Waals surface area contributed by atoms with Gasteiger partial charge in [-0.15, -0.1) is 0 Å². The highest BCUT2D eigenvalue weighted by Crippen LogP contribution is 2.41. The van der Waals surface area contributed by atoms with Crippen molar-refractivity contribution in [2.24, 2.45) is 0 Å². The summed E-state index contributed by atoms with van der Waals surface area (Å²) in [6.07, 6.45) is 3.74. The van der Waals surface area contributed by atoms with E-state index in [4.69, 9.17) is 0 Å². The van der Waals surface area contributed by atoms with E-state index in [2.05, 4.69) is 24.1 Å². The number of piperidine rings is 1. The minimum Gasteiger partial charge on any atom is -0.351 e. The minimum absolute atomic E-state index is 0.0185. The quantitative estimate of drug-likeness (QED) is 0.729. The maximum absolute atomic E-state index is 13.1. The summed E-state index contributed by atoms with van der Waals surface area (Å²) in [6.45, 7) is 8.56. The monoisotopic (exact) mass is 437 g/mol. The summed E-state index contributed by atoms with van der Waals surface area (Å²) in [7, 11) is 0. The van der Waals surface area contributed by atoms with Crippen molar-refractivity contribution in [2.75, 3.05) is 24.5 Å². The van der Waals surface area contributed by atoms with Crippen molar-refractivity contribution in [3.63, 3.8) is 0 Å². The van der Waals surface area contributed by atoms with E-state index in [1.165, 1.54) is 19.3 Å². The number of anilines is 1. The van der Waals surface area contributed by atoms with Crippen LogP contribution >= 0.6 is 11.8 Å². The number of fused-ring (bicyclic) bond motifs is 2. The molecule has 4 rings (SSSR count). The number of carbonyl (C=O) groups excluding carboxylic acids is 2. The van der Waals surface area contributed by atoms with Crippen LogP contribution in [0.2, 0.25) is 0 Å². The molecule has 1 fully saturated rings. The predicted octanol–water partition coefficient (Wildman–Crippen LogP) is 4.81. The van der Waals surface area contributed by atoms with Crippen LogP contribution in [-0.4, -0.2) is 48.4 Å². The molecule has 2 amide bonds. The molecule has 31 heavy (non-hydrogen) atoms. The van der Waals surface area contributed by atoms with Gasteiger partial charge in [0.2, 0.25) is 0 Å². The largest absolute Gasteiger partial charge is 0.351 e. The maximum Gasteiger partial charge on any atom is 0.259 e. The molecule has 2 unspecified atom stereocenters. The Bertz CT molecular complexity index is 967. The molecule has 2 heterocycles. The van der Waals surface area contributed by atoms with Gasteiger partial charge in [0.1, 0.15) is 0 Å². The van der Waals surface area contributed by atoms with Crippen LogP contribution in [0.15, 0.2) is 52.3 Å². The van der Waals surface area contributed by atoms with Crippen molar-refractivity contribution in [3.05, 3.63) is 53.6 Å². The highest BCUT2D eigenvalue weighted by Gasteiger charge is 2.27. The summed E-state index contributed by atoms with van der Waals surface area (Å²) < 4.78 is 0. The third kappa shape index (κ3) is 4.51. The number of nitrogens with zero attached hydrogens (tertiary/aromatic N) is 2. The van der Waals surface area contributed by atoms with E-state index in [-0.39, 0.29) is 11.8 Å². The molecule has 1 saturated heterocycles. The van der Waals surface area contributed by atoms with Gasteiger partial charge in [-0.25, -0.2) is 0 Å². The van der Waals surface area contributed by atoms with E-state index in [1.54, 1.807) is 16.7 Å². The molecule has 164 valence electrons. The molecule has 2 aromatic carbocycles. The molecule has 6 heteroatoms. The fourth-order valence-electron chi connectivity index (χ4n) is 4.69. The molecule has 2 aromatic rings. The fourth-order valence-corrected chi connectivity index (χ4v) is 5.75. The van der Waals surface area contributed by atoms with E-state index >= 15 is 0 Å². The Morgan fingerprint density at radius 1 is 1.10 bits per heavy atom. The zero-order valence-electron chi connectivity index (χ0n) is 18.6. The minimum atomic E-state index is -0.0876. The molecule has 2 atom stereocenters. The summed E-state index contributed by atoms with van der Waals surface area (Å²) in [5, 5.41) is 3.08. The third-order valence-corrected chi connectivity index (χ3v) is 7.58. The van der Waals surface area contributed by atoms with Crippen LogP contribution < -0.4 is 10.2 Å². The van der Waals surface area contributed by atoms with E-state index in [0.717, 1.165) is 22.0 Å². The van der Waals surface area contributed by atoms with E-state index in [9.17, 15) is 9.59 Å². The van der Waals surface area contributed by atoms with Gasteiger partial charge in [0.15, 0.2) is 0 Å². The Kier molecular flexibility index (Phi) is 6.68. The molecule has 1 N–H and O–H groups in total. The van der Waals surface area contributed by atoms with Crippen LogP contribution in [0.4, 0.5) is 5.69 Å². The molecular formula is C25H31N3O2S. The Hall–Kier alpha value is -2.31. The number of nitrogens with one attached hydrogen (secondary N) is 1. The number of rotatable bonds is 5. The molecule has 2 aliphatic heterocycles. The average molecular weight is 438 g/mol. The van der Waals surface area contributed by atoms with Crippen molar-refractivity contribution >= 4 is 29.3 Å². The number of benzene rings is 2. The highest BCUT2D eigenvalue weighted by molar-refractivity contribution is 7.99. The standard InChI is InChI=1S/C25H31N3O2S/c1-4-27-21-16-19(24(29)26-14-15-28-17(2)8-7-9-18(28)3)12-13-23(21)31-22-11-6-5-10-20(22)25(27)30/h5-6,10-13,16-18H,4,7-9,14-15H2,1-3H3,(H,26,29). The molecule has 0 spiro atoms. The summed E-state index contributed by atoms with van der Waals surface area (Å²) >= 11 is 1.58. The Labute approximate surface area is 189 Å². The predicted molar refractivity (Wildman–Crippen MR) is 126 cm³/mol. The van der Waals surface area contributed by atoms with Gasteiger partial charge in [0, 0.05) is 47.1 Å². The van der Waals surface area contributed by atoms with Gasteiger partial charge >= 0.3 is 0 Å². The van der Waals surface area contributed by atoms with Crippen LogP contribution in [0.3, 0.4) is 0 Å². The van der Waals surface area contributed by atoms with Crippen LogP contribution in [0.25, 0.3) is 0 Å². The van der Waals surface area contributed by atoms with Crippen molar-refractivity contribution in [1.29, 1.82) is 0 Å². The van der Waals surface area contributed by atoms with Gasteiger partial charge < -0.3 is 10.2 Å². The number of hydrogen-bond acceptors (Lipinski definition) is 4. The molecule has 0 aliphatic carbocycles. The molecule has 0 bridgehead atoms. The normalized spacial score (nSPS) is 21.3. The van der Waals surface area contributed by atoms with Gasteiger partial charge in [0.25, 0.3) is 11.8 Å². The van der Waals surface area contributed by atoms with Crippen LogP contribution in [0, 0.1) is 0 Å². The average Bonchev–Trinajstić information content (AvgIpc) is 2.88. The molecule has 0 radical (unpaired) electrons. The second-order valence-corrected chi connectivity index (χ2v) is 9.54. The van der Waals surface area contributed by atoms with E-state index < -0.39 is 0 Å². The van der Waals surface area contributed by atoms with Gasteiger partial charge in [-0.3, -0.25) is 14.5 Å². The molecule has 5 nitrogen and oxygen atoms in total. The zero-order valence-corrected chi connectivity index (χ0v) is 19.4. The third-order valence-electron chi connectivity index (χ3n) is 6.44. The number of likely N-dealkylation sites (tertiary alicyclic amines) is 1. The summed E-state index contributed by atoms with van der Waals surface area (Å²) in [5.41, 5.74) is 2.11. The van der Waals surface area contributed by atoms with Gasteiger partial charge in [-0.2, -0.15) is 0 Å². The topological polar surface area (TPSA) is 52.7 Å². The summed E-state index contributed by atoms with van der Waals surface area (Å²) in [6, 6.07) is 14.5. The van der Waals surface area contributed by atoms with Crippen molar-refractivity contribution in [1.82, 2.24) is 10.2 Å². The summed E-state index contributed by atoms with van der Waals surface area (Å²) in [4.78, 5) is 32.2. The van der Waals surface area contributed by atoms with Gasteiger partial charge in [0.05, 0.1) is 11.3 Å². The first kappa shape index (κ1) is 21.9. The highest BCUT2D eigenvalue weighted by atomic mass is 32.2. The maximum atomic E-state index is 13.1. The fraction of sp³-hybridized carbons (Fsp3) is 0.440. The van der Waals surface area contributed by atoms with Crippen molar-refractivity contribution in [3.8, 4) is 0 Å².